The molecule has 1 N–H and O–H groups in total. The summed E-state index contributed by atoms with van der Waals surface area (Å²) in [5.41, 5.74) is 4.42. The third-order valence-electron chi connectivity index (χ3n) is 3.91. The number of ether oxygens (including phenoxy) is 1. The Morgan fingerprint density at radius 2 is 1.89 bits per heavy atom. The molecule has 7 nitrogen and oxygen atoms in total. The van der Waals surface area contributed by atoms with Gasteiger partial charge in [-0.2, -0.15) is 5.10 Å². The van der Waals surface area contributed by atoms with Gasteiger partial charge < -0.3 is 4.74 Å². The fraction of sp³-hybridized carbons (Fsp3) is 0.0526. The van der Waals surface area contributed by atoms with Crippen LogP contribution >= 0.6 is 11.3 Å². The lowest BCUT2D eigenvalue weighted by Crippen LogP contribution is -2.13. The minimum atomic E-state index is -0.337. The van der Waals surface area contributed by atoms with Crippen LogP contribution < -0.4 is 10.1 Å². The molecule has 2 aromatic heterocycles. The third-order valence-corrected chi connectivity index (χ3v) is 4.52. The van der Waals surface area contributed by atoms with Gasteiger partial charge in [0, 0.05) is 5.56 Å². The summed E-state index contributed by atoms with van der Waals surface area (Å²) in [5, 5.41) is 15.2. The number of aromatic nitrogens is 4. The second kappa shape index (κ2) is 7.38. The van der Waals surface area contributed by atoms with Crippen LogP contribution in [0.1, 0.15) is 10.5 Å². The van der Waals surface area contributed by atoms with Crippen LogP contribution in [-0.2, 0) is 0 Å². The van der Waals surface area contributed by atoms with Crippen LogP contribution in [0.25, 0.3) is 16.9 Å². The van der Waals surface area contributed by atoms with E-state index in [1.807, 2.05) is 54.6 Å². The Labute approximate surface area is 159 Å². The molecule has 0 fully saturated rings. The molecule has 4 rings (SSSR count). The number of carbonyl (C=O) groups is 1. The topological polar surface area (TPSA) is 81.9 Å². The molecule has 4 aromatic rings. The lowest BCUT2D eigenvalue weighted by molar-refractivity contribution is 0.102. The maximum Gasteiger partial charge on any atom is 0.278 e. The van der Waals surface area contributed by atoms with Gasteiger partial charge in [-0.15, -0.1) is 10.2 Å². The van der Waals surface area contributed by atoms with Crippen LogP contribution in [0.15, 0.2) is 66.2 Å². The molecule has 27 heavy (non-hydrogen) atoms. The summed E-state index contributed by atoms with van der Waals surface area (Å²) in [5.74, 6) is 0.426. The van der Waals surface area contributed by atoms with Gasteiger partial charge in [0.2, 0.25) is 5.13 Å². The molecule has 0 saturated carbocycles. The smallest absolute Gasteiger partial charge is 0.278 e. The van der Waals surface area contributed by atoms with E-state index in [1.165, 1.54) is 11.3 Å². The van der Waals surface area contributed by atoms with Crippen molar-refractivity contribution in [2.24, 2.45) is 0 Å². The highest BCUT2D eigenvalue weighted by Gasteiger charge is 2.17. The number of nitrogens with one attached hydrogen (secondary N) is 1. The van der Waals surface area contributed by atoms with E-state index in [0.29, 0.717) is 10.8 Å². The summed E-state index contributed by atoms with van der Waals surface area (Å²) >= 11 is 1.25. The fourth-order valence-electron chi connectivity index (χ4n) is 2.61. The zero-order valence-electron chi connectivity index (χ0n) is 14.4. The number of rotatable bonds is 5. The number of hydrogen-bond acceptors (Lipinski definition) is 6. The highest BCUT2D eigenvalue weighted by Crippen LogP contribution is 2.26. The van der Waals surface area contributed by atoms with Gasteiger partial charge in [0.1, 0.15) is 11.3 Å². The van der Waals surface area contributed by atoms with E-state index in [2.05, 4.69) is 20.6 Å². The van der Waals surface area contributed by atoms with Crippen LogP contribution in [0.3, 0.4) is 0 Å². The largest absolute Gasteiger partial charge is 0.497 e. The van der Waals surface area contributed by atoms with E-state index in [-0.39, 0.29) is 5.91 Å². The van der Waals surface area contributed by atoms with Gasteiger partial charge in [-0.25, -0.2) is 4.68 Å². The van der Waals surface area contributed by atoms with Crippen molar-refractivity contribution in [2.75, 3.05) is 12.4 Å². The van der Waals surface area contributed by atoms with Crippen molar-refractivity contribution in [1.29, 1.82) is 0 Å². The molecular weight excluding hydrogens is 362 g/mol. The van der Waals surface area contributed by atoms with Crippen molar-refractivity contribution in [3.8, 4) is 22.7 Å². The maximum absolute atomic E-state index is 12.6. The molecule has 0 unspecified atom stereocenters. The number of nitrogens with zero attached hydrogens (tertiary/aromatic N) is 4. The predicted molar refractivity (Wildman–Crippen MR) is 103 cm³/mol. The first kappa shape index (κ1) is 16.9. The van der Waals surface area contributed by atoms with Crippen molar-refractivity contribution in [3.05, 3.63) is 71.9 Å². The standard InChI is InChI=1S/C19H15N5O2S/c1-26-15-9-7-13(8-10-15)17-11-16(18(25)21-19-22-20-12-27-19)23-24(17)14-5-3-2-4-6-14/h2-12H,1H3,(H,21,22,25). The van der Waals surface area contributed by atoms with Gasteiger partial charge in [-0.1, -0.05) is 29.5 Å². The molecular formula is C19H15N5O2S. The Hall–Kier alpha value is -3.52. The average molecular weight is 377 g/mol. The van der Waals surface area contributed by atoms with E-state index < -0.39 is 0 Å². The molecule has 0 radical (unpaired) electrons. The average Bonchev–Trinajstić information content (AvgIpc) is 3.39. The molecule has 1 amide bonds. The van der Waals surface area contributed by atoms with Crippen molar-refractivity contribution >= 4 is 22.4 Å². The predicted octanol–water partition coefficient (Wildman–Crippen LogP) is 3.65. The van der Waals surface area contributed by atoms with E-state index in [4.69, 9.17) is 4.74 Å². The van der Waals surface area contributed by atoms with Gasteiger partial charge in [0.15, 0.2) is 5.69 Å². The van der Waals surface area contributed by atoms with Crippen LogP contribution in [0.4, 0.5) is 5.13 Å². The molecule has 0 aliphatic carbocycles. The summed E-state index contributed by atoms with van der Waals surface area (Å²) in [4.78, 5) is 12.6. The van der Waals surface area contributed by atoms with Crippen LogP contribution in [0, 0.1) is 0 Å². The Bertz CT molecular complexity index is 1040. The molecule has 0 aliphatic rings. The fourth-order valence-corrected chi connectivity index (χ4v) is 3.05. The maximum atomic E-state index is 12.6. The lowest BCUT2D eigenvalue weighted by Gasteiger charge is -2.08. The van der Waals surface area contributed by atoms with Gasteiger partial charge in [-0.3, -0.25) is 10.1 Å². The first-order valence-electron chi connectivity index (χ1n) is 8.12. The molecule has 8 heteroatoms. The Balaban J connectivity index is 1.76. The molecule has 0 bridgehead atoms. The highest BCUT2D eigenvalue weighted by molar-refractivity contribution is 7.13. The van der Waals surface area contributed by atoms with Crippen LogP contribution in [-0.4, -0.2) is 33.0 Å². The second-order valence-electron chi connectivity index (χ2n) is 5.59. The number of anilines is 1. The van der Waals surface area contributed by atoms with E-state index >= 15 is 0 Å². The van der Waals surface area contributed by atoms with Crippen LogP contribution in [0.2, 0.25) is 0 Å². The highest BCUT2D eigenvalue weighted by atomic mass is 32.1. The molecule has 0 aliphatic heterocycles. The minimum Gasteiger partial charge on any atom is -0.497 e. The summed E-state index contributed by atoms with van der Waals surface area (Å²) in [6.07, 6.45) is 0. The van der Waals surface area contributed by atoms with E-state index in [9.17, 15) is 4.79 Å². The summed E-state index contributed by atoms with van der Waals surface area (Å²) < 4.78 is 6.97. The lowest BCUT2D eigenvalue weighted by atomic mass is 10.1. The minimum absolute atomic E-state index is 0.292. The number of amides is 1. The van der Waals surface area contributed by atoms with Gasteiger partial charge in [-0.05, 0) is 42.5 Å². The molecule has 0 atom stereocenters. The monoisotopic (exact) mass is 377 g/mol. The summed E-state index contributed by atoms with van der Waals surface area (Å²) in [6.45, 7) is 0. The molecule has 134 valence electrons. The number of para-hydroxylation sites is 1. The van der Waals surface area contributed by atoms with E-state index in [0.717, 1.165) is 22.7 Å². The second-order valence-corrected chi connectivity index (χ2v) is 6.42. The molecule has 0 spiro atoms. The summed E-state index contributed by atoms with van der Waals surface area (Å²) in [7, 11) is 1.62. The molecule has 0 saturated heterocycles. The molecule has 2 heterocycles. The van der Waals surface area contributed by atoms with Gasteiger partial charge in [0.05, 0.1) is 18.5 Å². The third kappa shape index (κ3) is 3.56. The van der Waals surface area contributed by atoms with E-state index in [1.54, 1.807) is 23.4 Å². The quantitative estimate of drug-likeness (QED) is 0.574. The van der Waals surface area contributed by atoms with Crippen molar-refractivity contribution in [3.63, 3.8) is 0 Å². The van der Waals surface area contributed by atoms with Crippen molar-refractivity contribution in [1.82, 2.24) is 20.0 Å². The SMILES string of the molecule is COc1ccc(-c2cc(C(=O)Nc3nncs3)nn2-c2ccccc2)cc1. The normalized spacial score (nSPS) is 10.6. The first-order chi connectivity index (χ1) is 13.2. The van der Waals surface area contributed by atoms with Crippen molar-refractivity contribution in [2.45, 2.75) is 0 Å². The van der Waals surface area contributed by atoms with Gasteiger partial charge in [0.25, 0.3) is 5.91 Å². The van der Waals surface area contributed by atoms with Crippen LogP contribution in [0.5, 0.6) is 5.75 Å². The number of carbonyl (C=O) groups excluding carboxylic acids is 1. The van der Waals surface area contributed by atoms with Crippen molar-refractivity contribution < 1.29 is 9.53 Å². The zero-order chi connectivity index (χ0) is 18.6. The number of benzene rings is 2. The molecule has 2 aromatic carbocycles. The number of methoxy groups -OCH3 is 1. The Morgan fingerprint density at radius 1 is 1.11 bits per heavy atom. The van der Waals surface area contributed by atoms with Gasteiger partial charge >= 0.3 is 0 Å². The Kier molecular flexibility index (Phi) is 4.63. The number of hydrogen-bond donors (Lipinski definition) is 1. The Morgan fingerprint density at radius 3 is 2.56 bits per heavy atom. The zero-order valence-corrected chi connectivity index (χ0v) is 15.2. The first-order valence-corrected chi connectivity index (χ1v) is 9.00. The summed E-state index contributed by atoms with van der Waals surface area (Å²) in [6, 6.07) is 19.0.